The average Bonchev–Trinajstić information content (AvgIpc) is 3.07. The third-order valence-corrected chi connectivity index (χ3v) is 3.89. The second-order valence-electron chi connectivity index (χ2n) is 5.83. The molecule has 4 aromatic rings. The SMILES string of the molecule is [3H]C(O)(c1ccc(F)cc1)c1nc(Nc2cc(C)[nH]n2)c2ccccc2n1. The van der Waals surface area contributed by atoms with Gasteiger partial charge in [0, 0.05) is 17.1 Å². The molecule has 0 saturated carbocycles. The summed E-state index contributed by atoms with van der Waals surface area (Å²) in [4.78, 5) is 8.71. The fourth-order valence-corrected chi connectivity index (χ4v) is 2.62. The van der Waals surface area contributed by atoms with Crippen molar-refractivity contribution in [1.82, 2.24) is 20.2 Å². The second-order valence-corrected chi connectivity index (χ2v) is 5.83. The molecule has 0 aliphatic heterocycles. The predicted molar refractivity (Wildman–Crippen MR) is 96.6 cm³/mol. The van der Waals surface area contributed by atoms with Crippen molar-refractivity contribution in [3.8, 4) is 0 Å². The number of benzene rings is 2. The van der Waals surface area contributed by atoms with Gasteiger partial charge < -0.3 is 10.4 Å². The zero-order valence-electron chi connectivity index (χ0n) is 14.9. The highest BCUT2D eigenvalue weighted by molar-refractivity contribution is 5.90. The Hall–Kier alpha value is -3.32. The number of aromatic amines is 1. The van der Waals surface area contributed by atoms with E-state index in [1.54, 1.807) is 6.07 Å². The van der Waals surface area contributed by atoms with Crippen molar-refractivity contribution in [2.24, 2.45) is 0 Å². The molecule has 4 rings (SSSR count). The molecule has 130 valence electrons. The van der Waals surface area contributed by atoms with E-state index in [0.29, 0.717) is 17.2 Å². The molecule has 2 heterocycles. The number of hydrogen-bond acceptors (Lipinski definition) is 5. The number of nitrogens with zero attached hydrogens (tertiary/aromatic N) is 3. The van der Waals surface area contributed by atoms with Crippen LogP contribution in [0.2, 0.25) is 0 Å². The van der Waals surface area contributed by atoms with Crippen molar-refractivity contribution < 1.29 is 10.9 Å². The number of fused-ring (bicyclic) bond motifs is 1. The van der Waals surface area contributed by atoms with Crippen LogP contribution >= 0.6 is 0 Å². The van der Waals surface area contributed by atoms with Crippen LogP contribution in [-0.4, -0.2) is 25.3 Å². The summed E-state index contributed by atoms with van der Waals surface area (Å²) < 4.78 is 21.6. The van der Waals surface area contributed by atoms with E-state index in [4.69, 9.17) is 1.37 Å². The minimum Gasteiger partial charge on any atom is -0.380 e. The third kappa shape index (κ3) is 3.12. The summed E-state index contributed by atoms with van der Waals surface area (Å²) in [6.45, 7) is 1.87. The Bertz CT molecular complexity index is 1110. The van der Waals surface area contributed by atoms with Crippen LogP contribution < -0.4 is 5.32 Å². The van der Waals surface area contributed by atoms with Gasteiger partial charge in [0.25, 0.3) is 0 Å². The molecule has 0 radical (unpaired) electrons. The first-order valence-electron chi connectivity index (χ1n) is 8.48. The van der Waals surface area contributed by atoms with Crippen molar-refractivity contribution in [3.05, 3.63) is 77.5 Å². The lowest BCUT2D eigenvalue weighted by molar-refractivity contribution is 0.210. The smallest absolute Gasteiger partial charge is 0.164 e. The van der Waals surface area contributed by atoms with Gasteiger partial charge in [-0.25, -0.2) is 14.4 Å². The highest BCUT2D eigenvalue weighted by Gasteiger charge is 2.17. The number of aryl methyl sites for hydroxylation is 1. The fourth-order valence-electron chi connectivity index (χ4n) is 2.62. The largest absolute Gasteiger partial charge is 0.380 e. The molecule has 0 fully saturated rings. The lowest BCUT2D eigenvalue weighted by Crippen LogP contribution is -2.08. The summed E-state index contributed by atoms with van der Waals surface area (Å²) in [5.41, 5.74) is 1.60. The van der Waals surface area contributed by atoms with Gasteiger partial charge >= 0.3 is 0 Å². The molecule has 0 aliphatic rings. The van der Waals surface area contributed by atoms with Crippen LogP contribution in [0, 0.1) is 12.7 Å². The number of nitrogens with one attached hydrogen (secondary N) is 2. The molecule has 2 aromatic carbocycles. The van der Waals surface area contributed by atoms with Gasteiger partial charge in [-0.3, -0.25) is 5.10 Å². The van der Waals surface area contributed by atoms with Gasteiger partial charge in [0.05, 0.1) is 6.89 Å². The van der Waals surface area contributed by atoms with Gasteiger partial charge in [0.2, 0.25) is 0 Å². The Morgan fingerprint density at radius 2 is 1.92 bits per heavy atom. The van der Waals surface area contributed by atoms with Crippen LogP contribution in [0.5, 0.6) is 0 Å². The Morgan fingerprint density at radius 1 is 1.15 bits per heavy atom. The van der Waals surface area contributed by atoms with E-state index in [0.717, 1.165) is 11.1 Å². The molecule has 0 saturated heterocycles. The molecule has 2 aromatic heterocycles. The lowest BCUT2D eigenvalue weighted by atomic mass is 10.1. The highest BCUT2D eigenvalue weighted by atomic mass is 19.1. The van der Waals surface area contributed by atoms with Crippen LogP contribution in [0.25, 0.3) is 10.9 Å². The number of rotatable bonds is 4. The van der Waals surface area contributed by atoms with Gasteiger partial charge in [-0.1, -0.05) is 24.3 Å². The summed E-state index contributed by atoms with van der Waals surface area (Å²) in [7, 11) is 0. The average molecular weight is 351 g/mol. The number of hydrogen-bond donors (Lipinski definition) is 3. The second kappa shape index (κ2) is 6.53. The summed E-state index contributed by atoms with van der Waals surface area (Å²) in [6, 6.07) is 14.1. The molecule has 1 atom stereocenters. The van der Waals surface area contributed by atoms with E-state index in [2.05, 4.69) is 25.5 Å². The number of anilines is 2. The summed E-state index contributed by atoms with van der Waals surface area (Å²) >= 11 is 0. The zero-order valence-corrected chi connectivity index (χ0v) is 13.9. The molecule has 1 unspecified atom stereocenters. The number of aliphatic hydroxyl groups is 1. The van der Waals surface area contributed by atoms with Crippen LogP contribution in [0.1, 0.15) is 24.5 Å². The zero-order chi connectivity index (χ0) is 19.0. The molecule has 3 N–H and O–H groups in total. The van der Waals surface area contributed by atoms with E-state index in [1.807, 2.05) is 31.2 Å². The van der Waals surface area contributed by atoms with E-state index in [-0.39, 0.29) is 11.4 Å². The Balaban J connectivity index is 1.84. The van der Waals surface area contributed by atoms with Crippen LogP contribution in [-0.2, 0) is 0 Å². The van der Waals surface area contributed by atoms with Crippen molar-refractivity contribution in [2.45, 2.75) is 13.0 Å². The third-order valence-electron chi connectivity index (χ3n) is 3.89. The molecule has 0 amide bonds. The molecule has 7 heteroatoms. The van der Waals surface area contributed by atoms with Crippen molar-refractivity contribution in [2.75, 3.05) is 5.32 Å². The van der Waals surface area contributed by atoms with Crippen LogP contribution in [0.3, 0.4) is 0 Å². The Morgan fingerprint density at radius 3 is 2.65 bits per heavy atom. The first-order chi connectivity index (χ1) is 12.9. The molecular formula is C19H16FN5O. The molecular weight excluding hydrogens is 333 g/mol. The number of halogens is 1. The fraction of sp³-hybridized carbons (Fsp3) is 0.105. The molecule has 0 spiro atoms. The molecule has 6 nitrogen and oxygen atoms in total. The van der Waals surface area contributed by atoms with Crippen LogP contribution in [0.15, 0.2) is 54.6 Å². The van der Waals surface area contributed by atoms with Crippen molar-refractivity contribution >= 4 is 22.5 Å². The standard InChI is InChI=1S/C19H16FN5O/c1-11-10-16(25-24-11)22-18-14-4-2-3-5-15(14)21-19(23-18)17(26)12-6-8-13(20)9-7-12/h2-10,17,26H,1H3,(H2,21,22,23,24,25)/i17T. The summed E-state index contributed by atoms with van der Waals surface area (Å²) in [5, 5.41) is 21.5. The first kappa shape index (κ1) is 15.0. The molecule has 0 aliphatic carbocycles. The maximum Gasteiger partial charge on any atom is 0.164 e. The van der Waals surface area contributed by atoms with Crippen molar-refractivity contribution in [3.63, 3.8) is 0 Å². The quantitative estimate of drug-likeness (QED) is 0.523. The minimum absolute atomic E-state index is 0.123. The highest BCUT2D eigenvalue weighted by Crippen LogP contribution is 2.27. The number of para-hydroxylation sites is 1. The number of aromatic nitrogens is 4. The van der Waals surface area contributed by atoms with Crippen molar-refractivity contribution in [1.29, 1.82) is 0 Å². The van der Waals surface area contributed by atoms with E-state index in [9.17, 15) is 9.50 Å². The molecule has 26 heavy (non-hydrogen) atoms. The van der Waals surface area contributed by atoms with Gasteiger partial charge in [-0.05, 0) is 36.8 Å². The first-order valence-corrected chi connectivity index (χ1v) is 7.98. The maximum absolute atomic E-state index is 13.2. The lowest BCUT2D eigenvalue weighted by Gasteiger charge is -2.13. The molecule has 0 bridgehead atoms. The summed E-state index contributed by atoms with van der Waals surface area (Å²) in [6.07, 6.45) is -2.24. The maximum atomic E-state index is 13.2. The number of H-pyrrole nitrogens is 1. The minimum atomic E-state index is -2.24. The topological polar surface area (TPSA) is 86.7 Å². The van der Waals surface area contributed by atoms with Gasteiger partial charge in [0.1, 0.15) is 17.7 Å². The van der Waals surface area contributed by atoms with E-state index >= 15 is 0 Å². The Labute approximate surface area is 150 Å². The summed E-state index contributed by atoms with van der Waals surface area (Å²) in [5.74, 6) is 0.389. The monoisotopic (exact) mass is 351 g/mol. The van der Waals surface area contributed by atoms with Crippen LogP contribution in [0.4, 0.5) is 16.0 Å². The van der Waals surface area contributed by atoms with Gasteiger partial charge in [-0.2, -0.15) is 5.10 Å². The normalized spacial score (nSPS) is 14.0. The van der Waals surface area contributed by atoms with Gasteiger partial charge in [-0.15, -0.1) is 0 Å². The van der Waals surface area contributed by atoms with E-state index < -0.39 is 11.9 Å². The Kier molecular flexibility index (Phi) is 3.76. The van der Waals surface area contributed by atoms with Gasteiger partial charge in [0.15, 0.2) is 11.6 Å². The van der Waals surface area contributed by atoms with E-state index in [1.165, 1.54) is 24.3 Å². The predicted octanol–water partition coefficient (Wildman–Crippen LogP) is 3.63.